The van der Waals surface area contributed by atoms with Gasteiger partial charge in [-0.15, -0.1) is 11.3 Å². The van der Waals surface area contributed by atoms with Crippen molar-refractivity contribution in [2.24, 2.45) is 10.4 Å². The Morgan fingerprint density at radius 2 is 2.48 bits per heavy atom. The number of ether oxygens (including phenoxy) is 1. The SMILES string of the molecule is CN=C(NCCCSc1nccs1)NCC1(CCO)CCOC1. The number of aromatic nitrogens is 1. The first-order valence-electron chi connectivity index (χ1n) is 7.93. The van der Waals surface area contributed by atoms with Gasteiger partial charge in [0.2, 0.25) is 0 Å². The highest BCUT2D eigenvalue weighted by molar-refractivity contribution is 8.00. The van der Waals surface area contributed by atoms with Gasteiger partial charge in [-0.05, 0) is 19.3 Å². The summed E-state index contributed by atoms with van der Waals surface area (Å²) in [4.78, 5) is 8.52. The zero-order chi connectivity index (χ0) is 16.4. The minimum Gasteiger partial charge on any atom is -0.396 e. The number of aliphatic hydroxyl groups excluding tert-OH is 1. The molecule has 0 bridgehead atoms. The Morgan fingerprint density at radius 1 is 1.57 bits per heavy atom. The fourth-order valence-corrected chi connectivity index (χ4v) is 4.17. The van der Waals surface area contributed by atoms with Gasteiger partial charge >= 0.3 is 0 Å². The van der Waals surface area contributed by atoms with E-state index < -0.39 is 0 Å². The van der Waals surface area contributed by atoms with Crippen molar-refractivity contribution in [3.63, 3.8) is 0 Å². The largest absolute Gasteiger partial charge is 0.396 e. The molecule has 1 fully saturated rings. The van der Waals surface area contributed by atoms with Crippen LogP contribution in [0.2, 0.25) is 0 Å². The number of rotatable bonds is 9. The van der Waals surface area contributed by atoms with E-state index in [4.69, 9.17) is 4.74 Å². The third-order valence-electron chi connectivity index (χ3n) is 3.93. The fourth-order valence-electron chi connectivity index (χ4n) is 2.52. The van der Waals surface area contributed by atoms with Gasteiger partial charge in [-0.3, -0.25) is 4.99 Å². The summed E-state index contributed by atoms with van der Waals surface area (Å²) in [5.41, 5.74) is 0.0348. The summed E-state index contributed by atoms with van der Waals surface area (Å²) >= 11 is 3.47. The number of aliphatic imine (C=N–C) groups is 1. The number of thioether (sulfide) groups is 1. The minimum atomic E-state index is 0.0348. The van der Waals surface area contributed by atoms with Crippen LogP contribution in [-0.2, 0) is 4.74 Å². The van der Waals surface area contributed by atoms with Crippen LogP contribution >= 0.6 is 23.1 Å². The van der Waals surface area contributed by atoms with E-state index in [1.165, 1.54) is 0 Å². The number of guanidine groups is 1. The second-order valence-corrected chi connectivity index (χ2v) is 7.87. The average molecular weight is 359 g/mol. The first kappa shape index (κ1) is 18.5. The predicted molar refractivity (Wildman–Crippen MR) is 96.4 cm³/mol. The van der Waals surface area contributed by atoms with Gasteiger partial charge in [0.1, 0.15) is 4.34 Å². The van der Waals surface area contributed by atoms with Crippen LogP contribution in [0.25, 0.3) is 0 Å². The van der Waals surface area contributed by atoms with Crippen molar-refractivity contribution >= 4 is 29.1 Å². The van der Waals surface area contributed by atoms with Crippen molar-refractivity contribution in [1.82, 2.24) is 15.6 Å². The predicted octanol–water partition coefficient (Wildman–Crippen LogP) is 1.58. The van der Waals surface area contributed by atoms with Gasteiger partial charge in [-0.2, -0.15) is 0 Å². The summed E-state index contributed by atoms with van der Waals surface area (Å²) in [7, 11) is 1.78. The van der Waals surface area contributed by atoms with Crippen molar-refractivity contribution in [2.75, 3.05) is 45.7 Å². The van der Waals surface area contributed by atoms with E-state index in [1.807, 2.05) is 11.6 Å². The molecule has 0 aromatic carbocycles. The van der Waals surface area contributed by atoms with Gasteiger partial charge < -0.3 is 20.5 Å². The van der Waals surface area contributed by atoms with E-state index in [-0.39, 0.29) is 12.0 Å². The molecule has 1 atom stereocenters. The van der Waals surface area contributed by atoms with Crippen LogP contribution in [0.4, 0.5) is 0 Å². The lowest BCUT2D eigenvalue weighted by Gasteiger charge is -2.27. The molecular formula is C15H26N4O2S2. The van der Waals surface area contributed by atoms with E-state index in [0.717, 1.165) is 55.0 Å². The van der Waals surface area contributed by atoms with Crippen LogP contribution in [0.1, 0.15) is 19.3 Å². The lowest BCUT2D eigenvalue weighted by molar-refractivity contribution is 0.127. The Bertz CT molecular complexity index is 462. The molecule has 0 spiro atoms. The molecule has 23 heavy (non-hydrogen) atoms. The Morgan fingerprint density at radius 3 is 3.13 bits per heavy atom. The molecule has 2 rings (SSSR count). The lowest BCUT2D eigenvalue weighted by Crippen LogP contribution is -2.44. The van der Waals surface area contributed by atoms with E-state index in [1.54, 1.807) is 30.1 Å². The van der Waals surface area contributed by atoms with E-state index in [2.05, 4.69) is 20.6 Å². The van der Waals surface area contributed by atoms with Crippen molar-refractivity contribution < 1.29 is 9.84 Å². The summed E-state index contributed by atoms with van der Waals surface area (Å²) in [6, 6.07) is 0. The Kier molecular flexibility index (Phi) is 8.14. The van der Waals surface area contributed by atoms with Gasteiger partial charge in [0.15, 0.2) is 5.96 Å². The van der Waals surface area contributed by atoms with Crippen LogP contribution in [0, 0.1) is 5.41 Å². The van der Waals surface area contributed by atoms with E-state index in [0.29, 0.717) is 6.61 Å². The molecule has 0 aliphatic carbocycles. The summed E-state index contributed by atoms with van der Waals surface area (Å²) in [6.45, 7) is 3.34. The molecule has 1 aliphatic rings. The molecule has 0 amide bonds. The van der Waals surface area contributed by atoms with Crippen molar-refractivity contribution in [3.8, 4) is 0 Å². The van der Waals surface area contributed by atoms with Crippen LogP contribution in [0.15, 0.2) is 20.9 Å². The van der Waals surface area contributed by atoms with Gasteiger partial charge in [0, 0.05) is 56.1 Å². The standard InChI is InChI=1S/C15H26N4O2S2/c1-16-13(17-5-2-9-22-14-18-6-10-23-14)19-11-15(3-7-20)4-8-21-12-15/h6,10,20H,2-5,7-9,11-12H2,1H3,(H2,16,17,19). The summed E-state index contributed by atoms with van der Waals surface area (Å²) in [5.74, 6) is 1.85. The maximum Gasteiger partial charge on any atom is 0.190 e. The molecule has 0 saturated carbocycles. The zero-order valence-electron chi connectivity index (χ0n) is 13.6. The zero-order valence-corrected chi connectivity index (χ0v) is 15.2. The smallest absolute Gasteiger partial charge is 0.190 e. The van der Waals surface area contributed by atoms with Gasteiger partial charge in [0.25, 0.3) is 0 Å². The van der Waals surface area contributed by atoms with Crippen LogP contribution in [0.5, 0.6) is 0 Å². The van der Waals surface area contributed by atoms with Crippen LogP contribution < -0.4 is 10.6 Å². The Balaban J connectivity index is 1.63. The second kappa shape index (κ2) is 10.1. The number of hydrogen-bond acceptors (Lipinski definition) is 6. The van der Waals surface area contributed by atoms with Crippen molar-refractivity contribution in [3.05, 3.63) is 11.6 Å². The maximum absolute atomic E-state index is 9.26. The van der Waals surface area contributed by atoms with Crippen molar-refractivity contribution in [1.29, 1.82) is 0 Å². The first-order chi connectivity index (χ1) is 11.3. The molecule has 8 heteroatoms. The molecule has 1 aromatic heterocycles. The highest BCUT2D eigenvalue weighted by Gasteiger charge is 2.34. The number of thiazole rings is 1. The fraction of sp³-hybridized carbons (Fsp3) is 0.733. The summed E-state index contributed by atoms with van der Waals surface area (Å²) in [6.07, 6.45) is 4.64. The molecule has 1 aromatic rings. The van der Waals surface area contributed by atoms with E-state index >= 15 is 0 Å². The highest BCUT2D eigenvalue weighted by Crippen LogP contribution is 2.31. The normalized spacial score (nSPS) is 21.6. The molecule has 130 valence electrons. The summed E-state index contributed by atoms with van der Waals surface area (Å²) < 4.78 is 6.63. The molecule has 6 nitrogen and oxygen atoms in total. The number of hydrogen-bond donors (Lipinski definition) is 3. The van der Waals surface area contributed by atoms with Crippen molar-refractivity contribution in [2.45, 2.75) is 23.6 Å². The minimum absolute atomic E-state index is 0.0348. The Labute approximate surface area is 146 Å². The van der Waals surface area contributed by atoms with Crippen LogP contribution in [0.3, 0.4) is 0 Å². The quantitative estimate of drug-likeness (QED) is 0.269. The topological polar surface area (TPSA) is 78.8 Å². The molecule has 1 aliphatic heterocycles. The molecule has 3 N–H and O–H groups in total. The van der Waals surface area contributed by atoms with Gasteiger partial charge in [-0.25, -0.2) is 4.98 Å². The van der Waals surface area contributed by atoms with Gasteiger partial charge in [0.05, 0.1) is 6.61 Å². The molecule has 0 radical (unpaired) electrons. The number of aliphatic hydroxyl groups is 1. The molecule has 1 unspecified atom stereocenters. The third kappa shape index (κ3) is 6.29. The molecular weight excluding hydrogens is 332 g/mol. The number of nitrogens with one attached hydrogen (secondary N) is 2. The average Bonchev–Trinajstić information content (AvgIpc) is 3.23. The van der Waals surface area contributed by atoms with Crippen LogP contribution in [-0.4, -0.2) is 61.8 Å². The third-order valence-corrected chi connectivity index (χ3v) is 5.98. The lowest BCUT2D eigenvalue weighted by atomic mass is 9.84. The highest BCUT2D eigenvalue weighted by atomic mass is 32.2. The molecule has 1 saturated heterocycles. The first-order valence-corrected chi connectivity index (χ1v) is 9.80. The number of nitrogens with zero attached hydrogens (tertiary/aromatic N) is 2. The monoisotopic (exact) mass is 358 g/mol. The van der Waals surface area contributed by atoms with Gasteiger partial charge in [-0.1, -0.05) is 11.8 Å². The maximum atomic E-state index is 9.26. The summed E-state index contributed by atoms with van der Waals surface area (Å²) in [5, 5.41) is 18.0. The Hall–Kier alpha value is -0.830. The van der Waals surface area contributed by atoms with E-state index in [9.17, 15) is 5.11 Å². The molecule has 2 heterocycles. The second-order valence-electron chi connectivity index (χ2n) is 5.63.